The molecule has 0 spiro atoms. The molecule has 2 heteroatoms. The fourth-order valence-electron chi connectivity index (χ4n) is 1.87. The second-order valence-electron chi connectivity index (χ2n) is 4.65. The van der Waals surface area contributed by atoms with Gasteiger partial charge in [-0.1, -0.05) is 13.0 Å². The number of hydrogen-bond donors (Lipinski definition) is 1. The molecule has 1 unspecified atom stereocenters. The number of nitrogens with one attached hydrogen (secondary N) is 1. The third-order valence-electron chi connectivity index (χ3n) is 3.03. The first-order valence-corrected chi connectivity index (χ1v) is 6.29. The van der Waals surface area contributed by atoms with Crippen LogP contribution in [0.2, 0.25) is 0 Å². The van der Waals surface area contributed by atoms with Gasteiger partial charge >= 0.3 is 0 Å². The lowest BCUT2D eigenvalue weighted by molar-refractivity contribution is 0.317. The molecule has 16 heavy (non-hydrogen) atoms. The molecule has 1 aliphatic carbocycles. The smallest absolute Gasteiger partial charge is 0.121 e. The Bertz CT molecular complexity index is 333. The van der Waals surface area contributed by atoms with Gasteiger partial charge in [0.25, 0.3) is 0 Å². The second-order valence-corrected chi connectivity index (χ2v) is 4.65. The molecule has 1 saturated carbocycles. The van der Waals surface area contributed by atoms with Crippen LogP contribution in [0.3, 0.4) is 0 Å². The van der Waals surface area contributed by atoms with Crippen molar-refractivity contribution in [1.29, 1.82) is 0 Å². The van der Waals surface area contributed by atoms with E-state index in [2.05, 4.69) is 31.3 Å². The molecule has 0 aromatic heterocycles. The van der Waals surface area contributed by atoms with Crippen LogP contribution >= 0.6 is 0 Å². The van der Waals surface area contributed by atoms with Gasteiger partial charge in [0.15, 0.2) is 0 Å². The fourth-order valence-corrected chi connectivity index (χ4v) is 1.87. The number of rotatable bonds is 6. The van der Waals surface area contributed by atoms with E-state index in [1.54, 1.807) is 0 Å². The zero-order chi connectivity index (χ0) is 11.4. The Kier molecular flexibility index (Phi) is 3.70. The Labute approximate surface area is 98.0 Å². The van der Waals surface area contributed by atoms with Crippen LogP contribution in [0.5, 0.6) is 5.75 Å². The first-order chi connectivity index (χ1) is 7.79. The third kappa shape index (κ3) is 3.16. The summed E-state index contributed by atoms with van der Waals surface area (Å²) in [6.07, 6.45) is 3.80. The predicted molar refractivity (Wildman–Crippen MR) is 68.0 cm³/mol. The molecule has 1 atom stereocenters. The summed E-state index contributed by atoms with van der Waals surface area (Å²) < 4.78 is 5.61. The van der Waals surface area contributed by atoms with E-state index in [4.69, 9.17) is 4.74 Å². The zero-order valence-corrected chi connectivity index (χ0v) is 10.2. The maximum absolute atomic E-state index is 5.61. The molecular formula is C14H21NO. The van der Waals surface area contributed by atoms with Gasteiger partial charge in [0.05, 0.1) is 6.61 Å². The van der Waals surface area contributed by atoms with E-state index >= 15 is 0 Å². The van der Waals surface area contributed by atoms with Crippen LogP contribution in [0.15, 0.2) is 24.3 Å². The molecular weight excluding hydrogens is 198 g/mol. The Balaban J connectivity index is 1.92. The maximum atomic E-state index is 5.61. The molecule has 88 valence electrons. The highest BCUT2D eigenvalue weighted by Crippen LogP contribution is 2.34. The average Bonchev–Trinajstić information content (AvgIpc) is 3.10. The van der Waals surface area contributed by atoms with E-state index in [-0.39, 0.29) is 0 Å². The SMILES string of the molecule is CCCOc1cccc(NC(C)C2CC2)c1. The van der Waals surface area contributed by atoms with E-state index in [0.717, 1.165) is 24.7 Å². The Morgan fingerprint density at radius 2 is 2.25 bits per heavy atom. The van der Waals surface area contributed by atoms with Crippen LogP contribution < -0.4 is 10.1 Å². The van der Waals surface area contributed by atoms with Crippen molar-refractivity contribution in [1.82, 2.24) is 0 Å². The maximum Gasteiger partial charge on any atom is 0.121 e. The van der Waals surface area contributed by atoms with Gasteiger partial charge in [0.1, 0.15) is 5.75 Å². The molecule has 0 aliphatic heterocycles. The van der Waals surface area contributed by atoms with Gasteiger partial charge in [-0.3, -0.25) is 0 Å². The summed E-state index contributed by atoms with van der Waals surface area (Å²) in [6.45, 7) is 5.18. The van der Waals surface area contributed by atoms with Crippen molar-refractivity contribution in [2.75, 3.05) is 11.9 Å². The predicted octanol–water partition coefficient (Wildman–Crippen LogP) is 3.69. The number of ether oxygens (including phenoxy) is 1. The highest BCUT2D eigenvalue weighted by atomic mass is 16.5. The van der Waals surface area contributed by atoms with E-state index in [0.29, 0.717) is 6.04 Å². The van der Waals surface area contributed by atoms with Crippen LogP contribution in [0.25, 0.3) is 0 Å². The second kappa shape index (κ2) is 5.24. The lowest BCUT2D eigenvalue weighted by Crippen LogP contribution is -2.17. The van der Waals surface area contributed by atoms with Crippen molar-refractivity contribution in [2.24, 2.45) is 5.92 Å². The summed E-state index contributed by atoms with van der Waals surface area (Å²) in [5, 5.41) is 3.54. The molecule has 1 fully saturated rings. The van der Waals surface area contributed by atoms with Crippen molar-refractivity contribution in [2.45, 2.75) is 39.2 Å². The van der Waals surface area contributed by atoms with Crippen molar-refractivity contribution in [3.05, 3.63) is 24.3 Å². The van der Waals surface area contributed by atoms with E-state index in [1.165, 1.54) is 18.5 Å². The quantitative estimate of drug-likeness (QED) is 0.788. The molecule has 1 aromatic rings. The summed E-state index contributed by atoms with van der Waals surface area (Å²) in [7, 11) is 0. The summed E-state index contributed by atoms with van der Waals surface area (Å²) >= 11 is 0. The average molecular weight is 219 g/mol. The molecule has 0 bridgehead atoms. The van der Waals surface area contributed by atoms with Crippen molar-refractivity contribution >= 4 is 5.69 Å². The van der Waals surface area contributed by atoms with Gasteiger partial charge < -0.3 is 10.1 Å². The summed E-state index contributed by atoms with van der Waals surface area (Å²) in [5.41, 5.74) is 1.17. The van der Waals surface area contributed by atoms with Crippen LogP contribution in [0, 0.1) is 5.92 Å². The number of hydrogen-bond acceptors (Lipinski definition) is 2. The van der Waals surface area contributed by atoms with Crippen LogP contribution in [0.4, 0.5) is 5.69 Å². The first kappa shape index (κ1) is 11.3. The Morgan fingerprint density at radius 1 is 1.44 bits per heavy atom. The summed E-state index contributed by atoms with van der Waals surface area (Å²) in [5.74, 6) is 1.84. The topological polar surface area (TPSA) is 21.3 Å². The molecule has 0 saturated heterocycles. The van der Waals surface area contributed by atoms with Gasteiger partial charge in [-0.2, -0.15) is 0 Å². The van der Waals surface area contributed by atoms with E-state index < -0.39 is 0 Å². The van der Waals surface area contributed by atoms with E-state index in [9.17, 15) is 0 Å². The van der Waals surface area contributed by atoms with Crippen LogP contribution in [0.1, 0.15) is 33.1 Å². The van der Waals surface area contributed by atoms with Gasteiger partial charge in [0, 0.05) is 17.8 Å². The normalized spacial score (nSPS) is 16.9. The largest absolute Gasteiger partial charge is 0.494 e. The highest BCUT2D eigenvalue weighted by molar-refractivity contribution is 5.49. The lowest BCUT2D eigenvalue weighted by atomic mass is 10.2. The highest BCUT2D eigenvalue weighted by Gasteiger charge is 2.27. The minimum atomic E-state index is 0.585. The Morgan fingerprint density at radius 3 is 2.94 bits per heavy atom. The summed E-state index contributed by atoms with van der Waals surface area (Å²) in [6, 6.07) is 8.85. The van der Waals surface area contributed by atoms with Crippen LogP contribution in [-0.4, -0.2) is 12.6 Å². The van der Waals surface area contributed by atoms with Crippen molar-refractivity contribution in [3.8, 4) is 5.75 Å². The molecule has 1 aromatic carbocycles. The minimum Gasteiger partial charge on any atom is -0.494 e. The van der Waals surface area contributed by atoms with Crippen molar-refractivity contribution < 1.29 is 4.74 Å². The molecule has 0 radical (unpaired) electrons. The molecule has 1 aliphatic rings. The molecule has 2 rings (SSSR count). The summed E-state index contributed by atoms with van der Waals surface area (Å²) in [4.78, 5) is 0. The molecule has 0 heterocycles. The van der Waals surface area contributed by atoms with Gasteiger partial charge in [-0.05, 0) is 44.2 Å². The lowest BCUT2D eigenvalue weighted by Gasteiger charge is -2.15. The van der Waals surface area contributed by atoms with E-state index in [1.807, 2.05) is 12.1 Å². The van der Waals surface area contributed by atoms with Gasteiger partial charge in [-0.15, -0.1) is 0 Å². The Hall–Kier alpha value is -1.18. The first-order valence-electron chi connectivity index (χ1n) is 6.29. The monoisotopic (exact) mass is 219 g/mol. The number of benzene rings is 1. The van der Waals surface area contributed by atoms with Crippen molar-refractivity contribution in [3.63, 3.8) is 0 Å². The van der Waals surface area contributed by atoms with Gasteiger partial charge in [0.2, 0.25) is 0 Å². The van der Waals surface area contributed by atoms with Crippen LogP contribution in [-0.2, 0) is 0 Å². The zero-order valence-electron chi connectivity index (χ0n) is 10.2. The van der Waals surface area contributed by atoms with Gasteiger partial charge in [-0.25, -0.2) is 0 Å². The minimum absolute atomic E-state index is 0.585. The molecule has 0 amide bonds. The fraction of sp³-hybridized carbons (Fsp3) is 0.571. The standard InChI is InChI=1S/C14H21NO/c1-3-9-16-14-6-4-5-13(10-14)15-11(2)12-7-8-12/h4-6,10-12,15H,3,7-9H2,1-2H3. The third-order valence-corrected chi connectivity index (χ3v) is 3.03. The molecule has 2 nitrogen and oxygen atoms in total. The molecule has 1 N–H and O–H groups in total. The number of anilines is 1.